The largest absolute Gasteiger partial charge is 0.269 e. The van der Waals surface area contributed by atoms with Gasteiger partial charge in [0.1, 0.15) is 5.82 Å². The van der Waals surface area contributed by atoms with Gasteiger partial charge >= 0.3 is 0 Å². The fraction of sp³-hybridized carbons (Fsp3) is 0. The maximum atomic E-state index is 13.2. The highest BCUT2D eigenvalue weighted by Crippen LogP contribution is 2.22. The van der Waals surface area contributed by atoms with E-state index in [0.717, 1.165) is 10.3 Å². The van der Waals surface area contributed by atoms with E-state index >= 15 is 0 Å². The molecule has 84 valence electrons. The van der Waals surface area contributed by atoms with Crippen molar-refractivity contribution < 1.29 is 4.39 Å². The summed E-state index contributed by atoms with van der Waals surface area (Å²) >= 11 is 3.43. The summed E-state index contributed by atoms with van der Waals surface area (Å²) in [6.45, 7) is 0. The highest BCUT2D eigenvalue weighted by atomic mass is 79.9. The summed E-state index contributed by atoms with van der Waals surface area (Å²) in [7, 11) is 0. The van der Waals surface area contributed by atoms with Crippen LogP contribution in [-0.2, 0) is 0 Å². The van der Waals surface area contributed by atoms with Crippen LogP contribution in [-0.4, -0.2) is 14.6 Å². The molecule has 0 N–H and O–H groups in total. The molecule has 3 rings (SSSR count). The number of aromatic nitrogens is 3. The van der Waals surface area contributed by atoms with Crippen molar-refractivity contribution in [1.29, 1.82) is 0 Å². The quantitative estimate of drug-likeness (QED) is 0.644. The fourth-order valence-electron chi connectivity index (χ4n) is 1.72. The minimum absolute atomic E-state index is 0.286. The van der Waals surface area contributed by atoms with Gasteiger partial charge in [-0.15, -0.1) is 10.2 Å². The molecule has 0 aliphatic carbocycles. The SMILES string of the molecule is Fc1cccc(-c2nnc3cccc(Br)n23)c1. The molecule has 0 saturated heterocycles. The molecule has 2 aromatic heterocycles. The number of halogens is 2. The summed E-state index contributed by atoms with van der Waals surface area (Å²) in [6.07, 6.45) is 0. The molecule has 1 aromatic carbocycles. The molecule has 0 aliphatic heterocycles. The molecule has 0 fully saturated rings. The predicted octanol–water partition coefficient (Wildman–Crippen LogP) is 3.30. The van der Waals surface area contributed by atoms with E-state index < -0.39 is 0 Å². The van der Waals surface area contributed by atoms with Crippen molar-refractivity contribution in [2.45, 2.75) is 0 Å². The maximum Gasteiger partial charge on any atom is 0.169 e. The van der Waals surface area contributed by atoms with Crippen LogP contribution >= 0.6 is 15.9 Å². The van der Waals surface area contributed by atoms with E-state index in [4.69, 9.17) is 0 Å². The van der Waals surface area contributed by atoms with Crippen molar-refractivity contribution in [2.24, 2.45) is 0 Å². The molecule has 5 heteroatoms. The van der Waals surface area contributed by atoms with E-state index in [1.165, 1.54) is 12.1 Å². The molecule has 0 amide bonds. The van der Waals surface area contributed by atoms with Gasteiger partial charge in [-0.25, -0.2) is 4.39 Å². The highest BCUT2D eigenvalue weighted by Gasteiger charge is 2.10. The molecule has 2 heterocycles. The van der Waals surface area contributed by atoms with Gasteiger partial charge in [-0.2, -0.15) is 0 Å². The Labute approximate surface area is 105 Å². The van der Waals surface area contributed by atoms with Crippen molar-refractivity contribution >= 4 is 21.6 Å². The summed E-state index contributed by atoms with van der Waals surface area (Å²) in [5, 5.41) is 8.13. The Bertz CT molecular complexity index is 693. The van der Waals surface area contributed by atoms with Gasteiger partial charge in [-0.05, 0) is 40.2 Å². The minimum Gasteiger partial charge on any atom is -0.269 e. The molecule has 3 nitrogen and oxygen atoms in total. The van der Waals surface area contributed by atoms with Crippen LogP contribution in [0.25, 0.3) is 17.0 Å². The zero-order valence-electron chi connectivity index (χ0n) is 8.64. The molecular weight excluding hydrogens is 285 g/mol. The summed E-state index contributed by atoms with van der Waals surface area (Å²) in [4.78, 5) is 0. The van der Waals surface area contributed by atoms with Gasteiger partial charge in [0.25, 0.3) is 0 Å². The zero-order chi connectivity index (χ0) is 11.8. The normalized spacial score (nSPS) is 10.9. The van der Waals surface area contributed by atoms with Crippen LogP contribution in [0.4, 0.5) is 4.39 Å². The summed E-state index contributed by atoms with van der Waals surface area (Å²) in [5.41, 5.74) is 1.42. The molecule has 17 heavy (non-hydrogen) atoms. The molecule has 3 aromatic rings. The van der Waals surface area contributed by atoms with Crippen LogP contribution in [0.3, 0.4) is 0 Å². The monoisotopic (exact) mass is 291 g/mol. The van der Waals surface area contributed by atoms with Crippen molar-refractivity contribution in [3.8, 4) is 11.4 Å². The second-order valence-electron chi connectivity index (χ2n) is 3.58. The lowest BCUT2D eigenvalue weighted by Gasteiger charge is -2.02. The third-order valence-corrected chi connectivity index (χ3v) is 3.08. The highest BCUT2D eigenvalue weighted by molar-refractivity contribution is 9.10. The van der Waals surface area contributed by atoms with Gasteiger partial charge in [0.15, 0.2) is 11.5 Å². The summed E-state index contributed by atoms with van der Waals surface area (Å²) in [6, 6.07) is 11.9. The van der Waals surface area contributed by atoms with E-state index in [1.807, 2.05) is 22.6 Å². The summed E-state index contributed by atoms with van der Waals surface area (Å²) < 4.78 is 15.9. The van der Waals surface area contributed by atoms with E-state index in [-0.39, 0.29) is 5.82 Å². The zero-order valence-corrected chi connectivity index (χ0v) is 10.2. The smallest absolute Gasteiger partial charge is 0.169 e. The number of pyridine rings is 1. The third kappa shape index (κ3) is 1.72. The first kappa shape index (κ1) is 10.4. The number of benzene rings is 1. The first-order valence-electron chi connectivity index (χ1n) is 5.01. The second-order valence-corrected chi connectivity index (χ2v) is 4.39. The van der Waals surface area contributed by atoms with E-state index in [9.17, 15) is 4.39 Å². The van der Waals surface area contributed by atoms with Gasteiger partial charge in [0, 0.05) is 5.56 Å². The Morgan fingerprint density at radius 2 is 1.88 bits per heavy atom. The maximum absolute atomic E-state index is 13.2. The Kier molecular flexibility index (Phi) is 2.40. The molecule has 0 atom stereocenters. The Hall–Kier alpha value is -1.75. The fourth-order valence-corrected chi connectivity index (χ4v) is 2.22. The number of fused-ring (bicyclic) bond motifs is 1. The van der Waals surface area contributed by atoms with Crippen molar-refractivity contribution in [3.63, 3.8) is 0 Å². The first-order valence-corrected chi connectivity index (χ1v) is 5.80. The average Bonchev–Trinajstić information content (AvgIpc) is 2.74. The third-order valence-electron chi connectivity index (χ3n) is 2.46. The Morgan fingerprint density at radius 3 is 2.71 bits per heavy atom. The van der Waals surface area contributed by atoms with Crippen LogP contribution in [0.5, 0.6) is 0 Å². The molecule has 0 unspecified atom stereocenters. The van der Waals surface area contributed by atoms with Gasteiger partial charge in [0.05, 0.1) is 4.60 Å². The van der Waals surface area contributed by atoms with Crippen molar-refractivity contribution in [3.05, 3.63) is 52.9 Å². The average molecular weight is 292 g/mol. The molecule has 0 spiro atoms. The minimum atomic E-state index is -0.286. The molecule has 0 radical (unpaired) electrons. The lowest BCUT2D eigenvalue weighted by molar-refractivity contribution is 0.628. The van der Waals surface area contributed by atoms with Gasteiger partial charge in [-0.3, -0.25) is 4.40 Å². The van der Waals surface area contributed by atoms with E-state index in [1.54, 1.807) is 12.1 Å². The molecule has 0 aliphatic rings. The lowest BCUT2D eigenvalue weighted by atomic mass is 10.2. The van der Waals surface area contributed by atoms with Crippen LogP contribution < -0.4 is 0 Å². The predicted molar refractivity (Wildman–Crippen MR) is 66.1 cm³/mol. The topological polar surface area (TPSA) is 30.2 Å². The lowest BCUT2D eigenvalue weighted by Crippen LogP contribution is -1.91. The number of hydrogen-bond donors (Lipinski definition) is 0. The van der Waals surface area contributed by atoms with Crippen molar-refractivity contribution in [2.75, 3.05) is 0 Å². The van der Waals surface area contributed by atoms with Crippen LogP contribution in [0.15, 0.2) is 47.1 Å². The van der Waals surface area contributed by atoms with Gasteiger partial charge < -0.3 is 0 Å². The van der Waals surface area contributed by atoms with E-state index in [0.29, 0.717) is 11.4 Å². The van der Waals surface area contributed by atoms with Crippen LogP contribution in [0.2, 0.25) is 0 Å². The number of hydrogen-bond acceptors (Lipinski definition) is 2. The molecule has 0 saturated carbocycles. The second kappa shape index (κ2) is 3.92. The standard InChI is InChI=1S/C12H7BrFN3/c13-10-5-2-6-11-15-16-12(17(10)11)8-3-1-4-9(14)7-8/h1-7H. The van der Waals surface area contributed by atoms with Gasteiger partial charge in [0.2, 0.25) is 0 Å². The van der Waals surface area contributed by atoms with Crippen molar-refractivity contribution in [1.82, 2.24) is 14.6 Å². The molecule has 0 bridgehead atoms. The van der Waals surface area contributed by atoms with Crippen LogP contribution in [0, 0.1) is 5.82 Å². The number of nitrogens with zero attached hydrogens (tertiary/aromatic N) is 3. The van der Waals surface area contributed by atoms with Crippen LogP contribution in [0.1, 0.15) is 0 Å². The summed E-state index contributed by atoms with van der Waals surface area (Å²) in [5.74, 6) is 0.332. The Morgan fingerprint density at radius 1 is 1.06 bits per heavy atom. The Balaban J connectivity index is 2.31. The molecular formula is C12H7BrFN3. The number of rotatable bonds is 1. The van der Waals surface area contributed by atoms with Gasteiger partial charge in [-0.1, -0.05) is 18.2 Å². The first-order chi connectivity index (χ1) is 8.25. The van der Waals surface area contributed by atoms with E-state index in [2.05, 4.69) is 26.1 Å².